The van der Waals surface area contributed by atoms with Gasteiger partial charge in [-0.1, -0.05) is 17.7 Å². The number of carbonyl (C=O) groups excluding carboxylic acids is 1. The molecule has 0 saturated heterocycles. The van der Waals surface area contributed by atoms with Crippen LogP contribution in [0, 0.1) is 6.92 Å². The molecule has 0 radical (unpaired) electrons. The summed E-state index contributed by atoms with van der Waals surface area (Å²) in [5.74, 6) is -0.190. The van der Waals surface area contributed by atoms with Crippen LogP contribution in [0.25, 0.3) is 0 Å². The molecule has 0 amide bonds. The zero-order chi connectivity index (χ0) is 15.2. The highest BCUT2D eigenvalue weighted by Gasteiger charge is 2.07. The lowest BCUT2D eigenvalue weighted by molar-refractivity contribution is -0.143. The molecule has 1 heterocycles. The number of benzene rings is 1. The van der Waals surface area contributed by atoms with Crippen LogP contribution in [-0.2, 0) is 16.0 Å². The number of hydrogen-bond donors (Lipinski definition) is 1. The Morgan fingerprint density at radius 1 is 1.48 bits per heavy atom. The molecular formula is C15H17ClN2O2S. The van der Waals surface area contributed by atoms with E-state index in [-0.39, 0.29) is 5.97 Å². The van der Waals surface area contributed by atoms with Crippen LogP contribution >= 0.6 is 22.9 Å². The standard InChI is InChI=1S/C15H17ClN2O2S/c1-3-20-14(19)7-6-12-9-21-15(18-12)17-11-5-4-10(2)13(16)8-11/h4-5,8-9H,3,6-7H2,1-2H3,(H,17,18). The van der Waals surface area contributed by atoms with Crippen LogP contribution in [0.1, 0.15) is 24.6 Å². The van der Waals surface area contributed by atoms with E-state index in [9.17, 15) is 4.79 Å². The fourth-order valence-electron chi connectivity index (χ4n) is 1.74. The number of esters is 1. The molecule has 21 heavy (non-hydrogen) atoms. The summed E-state index contributed by atoms with van der Waals surface area (Å²) < 4.78 is 4.90. The van der Waals surface area contributed by atoms with Gasteiger partial charge in [-0.15, -0.1) is 11.3 Å². The lowest BCUT2D eigenvalue weighted by Crippen LogP contribution is -2.05. The average Bonchev–Trinajstić information content (AvgIpc) is 2.89. The van der Waals surface area contributed by atoms with E-state index in [2.05, 4.69) is 10.3 Å². The van der Waals surface area contributed by atoms with Crippen molar-refractivity contribution in [1.29, 1.82) is 0 Å². The number of nitrogens with zero attached hydrogens (tertiary/aromatic N) is 1. The van der Waals surface area contributed by atoms with Gasteiger partial charge in [-0.05, 0) is 31.5 Å². The summed E-state index contributed by atoms with van der Waals surface area (Å²) in [6.07, 6.45) is 0.943. The maximum Gasteiger partial charge on any atom is 0.306 e. The van der Waals surface area contributed by atoms with Crippen molar-refractivity contribution in [2.75, 3.05) is 11.9 Å². The number of nitrogens with one attached hydrogen (secondary N) is 1. The summed E-state index contributed by atoms with van der Waals surface area (Å²) in [6.45, 7) is 4.18. The van der Waals surface area contributed by atoms with Gasteiger partial charge in [-0.2, -0.15) is 0 Å². The Balaban J connectivity index is 1.93. The van der Waals surface area contributed by atoms with Gasteiger partial charge in [-0.25, -0.2) is 4.98 Å². The van der Waals surface area contributed by atoms with Gasteiger partial charge in [0, 0.05) is 22.5 Å². The fourth-order valence-corrected chi connectivity index (χ4v) is 2.68. The summed E-state index contributed by atoms with van der Waals surface area (Å²) >= 11 is 7.59. The molecule has 0 atom stereocenters. The van der Waals surface area contributed by atoms with Gasteiger partial charge in [0.25, 0.3) is 0 Å². The number of hydrogen-bond acceptors (Lipinski definition) is 5. The number of thiazole rings is 1. The van der Waals surface area contributed by atoms with Gasteiger partial charge < -0.3 is 10.1 Å². The lowest BCUT2D eigenvalue weighted by Gasteiger charge is -2.04. The molecule has 112 valence electrons. The van der Waals surface area contributed by atoms with Gasteiger partial charge in [0.2, 0.25) is 0 Å². The first kappa shape index (κ1) is 15.8. The van der Waals surface area contributed by atoms with E-state index in [0.717, 1.165) is 27.1 Å². The third-order valence-corrected chi connectivity index (χ3v) is 4.08. The Labute approximate surface area is 133 Å². The second-order valence-electron chi connectivity index (χ2n) is 4.54. The molecule has 4 nitrogen and oxygen atoms in total. The minimum Gasteiger partial charge on any atom is -0.466 e. The molecule has 0 aliphatic rings. The number of carbonyl (C=O) groups is 1. The van der Waals surface area contributed by atoms with Crippen molar-refractivity contribution >= 4 is 39.7 Å². The summed E-state index contributed by atoms with van der Waals surface area (Å²) in [7, 11) is 0. The zero-order valence-electron chi connectivity index (χ0n) is 12.0. The Morgan fingerprint density at radius 3 is 3.00 bits per heavy atom. The topological polar surface area (TPSA) is 51.2 Å². The van der Waals surface area contributed by atoms with Crippen molar-refractivity contribution in [3.05, 3.63) is 39.9 Å². The van der Waals surface area contributed by atoms with Crippen LogP contribution in [0.2, 0.25) is 5.02 Å². The van der Waals surface area contributed by atoms with Crippen molar-refractivity contribution in [2.45, 2.75) is 26.7 Å². The molecule has 0 spiro atoms. The van der Waals surface area contributed by atoms with E-state index < -0.39 is 0 Å². The Bertz CT molecular complexity index is 628. The Hall–Kier alpha value is -1.59. The maximum atomic E-state index is 11.3. The number of aromatic nitrogens is 1. The van der Waals surface area contributed by atoms with Gasteiger partial charge in [0.15, 0.2) is 5.13 Å². The van der Waals surface area contributed by atoms with Crippen LogP contribution in [0.4, 0.5) is 10.8 Å². The van der Waals surface area contributed by atoms with E-state index in [1.54, 1.807) is 6.92 Å². The number of ether oxygens (including phenoxy) is 1. The van der Waals surface area contributed by atoms with E-state index in [4.69, 9.17) is 16.3 Å². The molecule has 0 bridgehead atoms. The minimum absolute atomic E-state index is 0.190. The van der Waals surface area contributed by atoms with Gasteiger partial charge in [0.05, 0.1) is 18.7 Å². The summed E-state index contributed by atoms with van der Waals surface area (Å²) in [5.41, 5.74) is 2.82. The highest BCUT2D eigenvalue weighted by atomic mass is 35.5. The second-order valence-corrected chi connectivity index (χ2v) is 5.80. The Kier molecular flexibility index (Phi) is 5.59. The third-order valence-electron chi connectivity index (χ3n) is 2.87. The monoisotopic (exact) mass is 324 g/mol. The van der Waals surface area contributed by atoms with Crippen molar-refractivity contribution in [1.82, 2.24) is 4.98 Å². The zero-order valence-corrected chi connectivity index (χ0v) is 13.6. The quantitative estimate of drug-likeness (QED) is 0.803. The van der Waals surface area contributed by atoms with Crippen molar-refractivity contribution in [3.63, 3.8) is 0 Å². The Morgan fingerprint density at radius 2 is 2.29 bits per heavy atom. The smallest absolute Gasteiger partial charge is 0.306 e. The minimum atomic E-state index is -0.190. The molecule has 0 unspecified atom stereocenters. The maximum absolute atomic E-state index is 11.3. The van der Waals surface area contributed by atoms with Crippen LogP contribution in [0.3, 0.4) is 0 Å². The first-order chi connectivity index (χ1) is 10.1. The van der Waals surface area contributed by atoms with Gasteiger partial charge in [-0.3, -0.25) is 4.79 Å². The molecule has 6 heteroatoms. The van der Waals surface area contributed by atoms with E-state index >= 15 is 0 Å². The van der Waals surface area contributed by atoms with E-state index in [1.165, 1.54) is 11.3 Å². The molecule has 0 fully saturated rings. The SMILES string of the molecule is CCOC(=O)CCc1csc(Nc2ccc(C)c(Cl)c2)n1. The van der Waals surface area contributed by atoms with Crippen LogP contribution in [0.5, 0.6) is 0 Å². The van der Waals surface area contributed by atoms with Crippen molar-refractivity contribution in [2.24, 2.45) is 0 Å². The van der Waals surface area contributed by atoms with Crippen LogP contribution in [0.15, 0.2) is 23.6 Å². The number of halogens is 1. The van der Waals surface area contributed by atoms with Gasteiger partial charge >= 0.3 is 5.97 Å². The predicted molar refractivity (Wildman–Crippen MR) is 86.5 cm³/mol. The lowest BCUT2D eigenvalue weighted by atomic mass is 10.2. The van der Waals surface area contributed by atoms with Crippen molar-refractivity contribution in [3.8, 4) is 0 Å². The molecule has 1 aromatic carbocycles. The van der Waals surface area contributed by atoms with Gasteiger partial charge in [0.1, 0.15) is 0 Å². The largest absolute Gasteiger partial charge is 0.466 e. The molecule has 2 aromatic rings. The first-order valence-corrected chi connectivity index (χ1v) is 7.97. The molecule has 0 aliphatic carbocycles. The van der Waals surface area contributed by atoms with E-state index in [1.807, 2.05) is 30.5 Å². The number of rotatable bonds is 6. The molecule has 1 aromatic heterocycles. The molecular weight excluding hydrogens is 308 g/mol. The van der Waals surface area contributed by atoms with Crippen LogP contribution < -0.4 is 5.32 Å². The normalized spacial score (nSPS) is 10.4. The first-order valence-electron chi connectivity index (χ1n) is 6.71. The highest BCUT2D eigenvalue weighted by molar-refractivity contribution is 7.13. The summed E-state index contributed by atoms with van der Waals surface area (Å²) in [5, 5.41) is 6.66. The van der Waals surface area contributed by atoms with Crippen LogP contribution in [-0.4, -0.2) is 17.6 Å². The molecule has 2 rings (SSSR count). The average molecular weight is 325 g/mol. The highest BCUT2D eigenvalue weighted by Crippen LogP contribution is 2.25. The summed E-state index contributed by atoms with van der Waals surface area (Å²) in [4.78, 5) is 15.8. The molecule has 1 N–H and O–H groups in total. The molecule has 0 saturated carbocycles. The fraction of sp³-hybridized carbons (Fsp3) is 0.333. The van der Waals surface area contributed by atoms with Crippen molar-refractivity contribution < 1.29 is 9.53 Å². The summed E-state index contributed by atoms with van der Waals surface area (Å²) in [6, 6.07) is 5.79. The second kappa shape index (κ2) is 7.43. The third kappa shape index (κ3) is 4.72. The van der Waals surface area contributed by atoms with E-state index in [0.29, 0.717) is 19.4 Å². The predicted octanol–water partition coefficient (Wildman–Crippen LogP) is 4.34. The number of aryl methyl sites for hydroxylation is 2. The molecule has 0 aliphatic heterocycles. The number of anilines is 2.